The summed E-state index contributed by atoms with van der Waals surface area (Å²) in [5.74, 6) is 1.55. The average molecular weight is 587 g/mol. The third-order valence-electron chi connectivity index (χ3n) is 10.6. The number of aromatic nitrogens is 1. The Morgan fingerprint density at radius 2 is 1.93 bits per heavy atom. The van der Waals surface area contributed by atoms with Crippen molar-refractivity contribution in [3.8, 4) is 5.75 Å². The Balaban J connectivity index is 1.20. The van der Waals surface area contributed by atoms with Gasteiger partial charge in [0.15, 0.2) is 0 Å². The fourth-order valence-corrected chi connectivity index (χ4v) is 8.40. The molecule has 3 aromatic rings. The largest absolute Gasteiger partial charge is 0.493 e. The third-order valence-corrected chi connectivity index (χ3v) is 11.0. The molecular weight excluding hydrogens is 544 g/mol. The quantitative estimate of drug-likeness (QED) is 0.277. The number of aliphatic carboxylic acids is 1. The van der Waals surface area contributed by atoms with Crippen molar-refractivity contribution in [1.82, 2.24) is 4.98 Å². The van der Waals surface area contributed by atoms with Crippen molar-refractivity contribution in [3.63, 3.8) is 0 Å². The lowest BCUT2D eigenvalue weighted by Gasteiger charge is -2.47. The second-order valence-corrected chi connectivity index (χ2v) is 13.7. The highest BCUT2D eigenvalue weighted by Crippen LogP contribution is 2.56. The topological polar surface area (TPSA) is 71.5 Å². The molecule has 0 amide bonds. The van der Waals surface area contributed by atoms with Gasteiger partial charge in [-0.2, -0.15) is 0 Å². The van der Waals surface area contributed by atoms with Crippen molar-refractivity contribution in [2.75, 3.05) is 11.9 Å². The van der Waals surface area contributed by atoms with Crippen LogP contribution in [0, 0.1) is 18.8 Å². The zero-order valence-corrected chi connectivity index (χ0v) is 25.8. The number of nitrogens with one attached hydrogen (secondary N) is 1. The lowest BCUT2D eigenvalue weighted by atomic mass is 9.59. The highest BCUT2D eigenvalue weighted by molar-refractivity contribution is 6.31. The Bertz CT molecular complexity index is 1460. The molecule has 0 aliphatic heterocycles. The van der Waals surface area contributed by atoms with Crippen molar-refractivity contribution in [2.24, 2.45) is 11.8 Å². The maximum atomic E-state index is 12.8. The van der Waals surface area contributed by atoms with Crippen molar-refractivity contribution in [2.45, 2.75) is 95.4 Å². The normalized spacial score (nSPS) is 27.2. The minimum Gasteiger partial charge on any atom is -0.493 e. The van der Waals surface area contributed by atoms with Gasteiger partial charge in [-0.25, -0.2) is 4.79 Å². The summed E-state index contributed by atoms with van der Waals surface area (Å²) in [6.45, 7) is 7.22. The number of hydrogen-bond donors (Lipinski definition) is 2. The number of pyridine rings is 1. The third kappa shape index (κ3) is 5.19. The van der Waals surface area contributed by atoms with E-state index >= 15 is 0 Å². The molecule has 3 atom stereocenters. The predicted octanol–water partition coefficient (Wildman–Crippen LogP) is 8.51. The summed E-state index contributed by atoms with van der Waals surface area (Å²) in [6, 6.07) is 16.6. The summed E-state index contributed by atoms with van der Waals surface area (Å²) in [6.07, 6.45) is 10.3. The van der Waals surface area contributed by atoms with Crippen LogP contribution in [0.5, 0.6) is 5.75 Å². The second kappa shape index (κ2) is 11.6. The number of fused-ring (bicyclic) bond motifs is 3. The molecule has 1 spiro atoms. The van der Waals surface area contributed by atoms with E-state index < -0.39 is 11.5 Å². The number of rotatable bonds is 8. The van der Waals surface area contributed by atoms with E-state index in [0.29, 0.717) is 42.2 Å². The molecule has 6 rings (SSSR count). The number of benzene rings is 2. The van der Waals surface area contributed by atoms with Crippen LogP contribution >= 0.6 is 11.6 Å². The van der Waals surface area contributed by atoms with Crippen molar-refractivity contribution in [1.29, 1.82) is 0 Å². The molecule has 42 heavy (non-hydrogen) atoms. The maximum Gasteiger partial charge on any atom is 0.329 e. The molecule has 1 heterocycles. The van der Waals surface area contributed by atoms with Crippen LogP contribution in [-0.4, -0.2) is 28.2 Å². The standard InChI is InChI=1S/C36H43ClN2O3/c1-23(22-42-32-14-19-38-31-13-6-8-24(2)33(31)32)20-27-21-26-9-4-5-10-28(26)35(27)15-17-36(18-16-35,34(40)41)39-30-12-7-11-29(37)25(30)3/h4-5,7,9-12,14,19,23-24,27,39H,6,8,13,15-18,20-22H2,1-3H3,(H,40,41)/t23-,24-,27?,35?,36?/m1/s1. The minimum atomic E-state index is -1.01. The molecule has 3 aliphatic rings. The van der Waals surface area contributed by atoms with Crippen molar-refractivity contribution >= 4 is 23.3 Å². The van der Waals surface area contributed by atoms with Crippen LogP contribution in [0.15, 0.2) is 54.7 Å². The molecule has 1 unspecified atom stereocenters. The van der Waals surface area contributed by atoms with Crippen LogP contribution in [0.3, 0.4) is 0 Å². The van der Waals surface area contributed by atoms with Crippen LogP contribution in [0.2, 0.25) is 5.02 Å². The minimum absolute atomic E-state index is 0.0147. The molecular formula is C36H43ClN2O3. The SMILES string of the molecule is Cc1c(Cl)cccc1NC1(C(=O)O)CCC2(CC1)c1ccccc1CC2C[C@@H](C)COc1ccnc2c1[C@H](C)CCC2. The number of nitrogens with zero attached hydrogens (tertiary/aromatic N) is 1. The van der Waals surface area contributed by atoms with Gasteiger partial charge < -0.3 is 15.2 Å². The lowest BCUT2D eigenvalue weighted by Crippen LogP contribution is -2.53. The predicted molar refractivity (Wildman–Crippen MR) is 169 cm³/mol. The lowest BCUT2D eigenvalue weighted by molar-refractivity contribution is -0.144. The number of aryl methyl sites for hydroxylation is 1. The maximum absolute atomic E-state index is 12.8. The number of hydrogen-bond acceptors (Lipinski definition) is 4. The molecule has 0 saturated heterocycles. The van der Waals surface area contributed by atoms with Gasteiger partial charge in [0, 0.05) is 28.2 Å². The summed E-state index contributed by atoms with van der Waals surface area (Å²) in [5, 5.41) is 14.6. The first kappa shape index (κ1) is 29.0. The van der Waals surface area contributed by atoms with E-state index in [1.165, 1.54) is 35.2 Å². The number of carbonyl (C=O) groups is 1. The van der Waals surface area contributed by atoms with E-state index in [2.05, 4.69) is 48.4 Å². The average Bonchev–Trinajstić information content (AvgIpc) is 3.27. The molecule has 0 bridgehead atoms. The van der Waals surface area contributed by atoms with Crippen LogP contribution in [0.1, 0.15) is 92.7 Å². The summed E-state index contributed by atoms with van der Waals surface area (Å²) >= 11 is 6.38. The first-order valence-corrected chi connectivity index (χ1v) is 16.1. The van der Waals surface area contributed by atoms with E-state index in [1.54, 1.807) is 0 Å². The second-order valence-electron chi connectivity index (χ2n) is 13.3. The number of ether oxygens (including phenoxy) is 1. The summed E-state index contributed by atoms with van der Waals surface area (Å²) < 4.78 is 6.51. The van der Waals surface area contributed by atoms with E-state index in [9.17, 15) is 9.90 Å². The van der Waals surface area contributed by atoms with Gasteiger partial charge in [0.25, 0.3) is 0 Å². The zero-order valence-electron chi connectivity index (χ0n) is 25.1. The monoisotopic (exact) mass is 586 g/mol. The van der Waals surface area contributed by atoms with Gasteiger partial charge in [0.05, 0.1) is 6.61 Å². The van der Waals surface area contributed by atoms with Gasteiger partial charge >= 0.3 is 5.97 Å². The van der Waals surface area contributed by atoms with E-state index in [1.807, 2.05) is 37.4 Å². The molecule has 0 radical (unpaired) electrons. The van der Waals surface area contributed by atoms with Gasteiger partial charge in [0.2, 0.25) is 0 Å². The van der Waals surface area contributed by atoms with Crippen LogP contribution in [-0.2, 0) is 23.1 Å². The van der Waals surface area contributed by atoms with Gasteiger partial charge in [-0.15, -0.1) is 0 Å². The van der Waals surface area contributed by atoms with Crippen LogP contribution in [0.4, 0.5) is 5.69 Å². The molecule has 5 nitrogen and oxygen atoms in total. The molecule has 1 saturated carbocycles. The molecule has 2 N–H and O–H groups in total. The highest BCUT2D eigenvalue weighted by Gasteiger charge is 2.54. The highest BCUT2D eigenvalue weighted by atomic mass is 35.5. The smallest absolute Gasteiger partial charge is 0.329 e. The van der Waals surface area contributed by atoms with Gasteiger partial charge in [0.1, 0.15) is 11.3 Å². The fourth-order valence-electron chi connectivity index (χ4n) is 8.22. The summed E-state index contributed by atoms with van der Waals surface area (Å²) in [7, 11) is 0. The Morgan fingerprint density at radius 1 is 1.14 bits per heavy atom. The number of halogens is 1. The Kier molecular flexibility index (Phi) is 7.99. The molecule has 2 aromatic carbocycles. The Labute approximate surface area is 255 Å². The van der Waals surface area contributed by atoms with Gasteiger partial charge in [-0.3, -0.25) is 4.98 Å². The number of anilines is 1. The Hall–Kier alpha value is -3.05. The Morgan fingerprint density at radius 3 is 2.71 bits per heavy atom. The molecule has 1 aromatic heterocycles. The molecule has 3 aliphatic carbocycles. The van der Waals surface area contributed by atoms with E-state index in [4.69, 9.17) is 16.3 Å². The van der Waals surface area contributed by atoms with Gasteiger partial charge in [-0.05, 0) is 123 Å². The fraction of sp³-hybridized carbons (Fsp3) is 0.500. The number of carboxylic acid groups (broad SMARTS) is 1. The van der Waals surface area contributed by atoms with Crippen molar-refractivity contribution in [3.05, 3.63) is 87.7 Å². The number of carboxylic acids is 1. The summed E-state index contributed by atoms with van der Waals surface area (Å²) in [5.41, 5.74) is 6.04. The molecule has 6 heteroatoms. The first-order chi connectivity index (χ1) is 20.2. The van der Waals surface area contributed by atoms with Crippen LogP contribution in [0.25, 0.3) is 0 Å². The van der Waals surface area contributed by atoms with E-state index in [0.717, 1.165) is 49.1 Å². The summed E-state index contributed by atoms with van der Waals surface area (Å²) in [4.78, 5) is 17.5. The van der Waals surface area contributed by atoms with Crippen LogP contribution < -0.4 is 10.1 Å². The molecule has 1 fully saturated rings. The van der Waals surface area contributed by atoms with Crippen molar-refractivity contribution < 1.29 is 14.6 Å². The molecule has 222 valence electrons. The first-order valence-electron chi connectivity index (χ1n) is 15.7. The van der Waals surface area contributed by atoms with Gasteiger partial charge in [-0.1, -0.05) is 55.8 Å². The zero-order chi connectivity index (χ0) is 29.5. The van der Waals surface area contributed by atoms with E-state index in [-0.39, 0.29) is 5.41 Å².